The van der Waals surface area contributed by atoms with E-state index in [0.717, 1.165) is 12.0 Å². The smallest absolute Gasteiger partial charge is 0.254 e. The van der Waals surface area contributed by atoms with Crippen molar-refractivity contribution in [2.45, 2.75) is 20.3 Å². The van der Waals surface area contributed by atoms with Crippen molar-refractivity contribution in [1.82, 2.24) is 10.2 Å². The molecule has 104 valence electrons. The zero-order chi connectivity index (χ0) is 14.4. The Hall–Kier alpha value is -2.04. The Kier molecular flexibility index (Phi) is 5.36. The molecule has 3 N–H and O–H groups in total. The van der Waals surface area contributed by atoms with Gasteiger partial charge in [0.1, 0.15) is 0 Å². The van der Waals surface area contributed by atoms with Crippen LogP contribution in [0.3, 0.4) is 0 Å². The highest BCUT2D eigenvalue weighted by Gasteiger charge is 2.15. The van der Waals surface area contributed by atoms with E-state index in [4.69, 9.17) is 5.73 Å². The van der Waals surface area contributed by atoms with Gasteiger partial charge in [-0.05, 0) is 37.1 Å². The number of anilines is 1. The van der Waals surface area contributed by atoms with Crippen LogP contribution in [0.2, 0.25) is 0 Å². The maximum Gasteiger partial charge on any atom is 0.254 e. The van der Waals surface area contributed by atoms with Crippen LogP contribution in [-0.2, 0) is 4.79 Å². The van der Waals surface area contributed by atoms with Crippen molar-refractivity contribution in [1.29, 1.82) is 0 Å². The summed E-state index contributed by atoms with van der Waals surface area (Å²) in [6, 6.07) is 5.18. The van der Waals surface area contributed by atoms with Crippen LogP contribution < -0.4 is 11.1 Å². The molecule has 0 aliphatic rings. The fourth-order valence-electron chi connectivity index (χ4n) is 1.76. The Morgan fingerprint density at radius 2 is 2.00 bits per heavy atom. The summed E-state index contributed by atoms with van der Waals surface area (Å²) in [5, 5.41) is 2.73. The zero-order valence-corrected chi connectivity index (χ0v) is 11.7. The van der Waals surface area contributed by atoms with E-state index in [9.17, 15) is 9.59 Å². The largest absolute Gasteiger partial charge is 0.399 e. The quantitative estimate of drug-likeness (QED) is 0.783. The van der Waals surface area contributed by atoms with E-state index in [-0.39, 0.29) is 18.4 Å². The predicted octanol–water partition coefficient (Wildman–Crippen LogP) is 1.18. The molecule has 5 nitrogen and oxygen atoms in total. The molecular weight excluding hydrogens is 242 g/mol. The van der Waals surface area contributed by atoms with Gasteiger partial charge in [-0.2, -0.15) is 0 Å². The van der Waals surface area contributed by atoms with Crippen molar-refractivity contribution in [2.75, 3.05) is 25.9 Å². The maximum atomic E-state index is 12.1. The number of likely N-dealkylation sites (N-methyl/N-ethyl adjacent to an activating group) is 1. The van der Waals surface area contributed by atoms with Crippen molar-refractivity contribution in [3.8, 4) is 0 Å². The summed E-state index contributed by atoms with van der Waals surface area (Å²) in [4.78, 5) is 25.1. The molecule has 1 rings (SSSR count). The molecule has 0 atom stereocenters. The summed E-state index contributed by atoms with van der Waals surface area (Å²) in [5.41, 5.74) is 7.69. The summed E-state index contributed by atoms with van der Waals surface area (Å²) in [7, 11) is 1.60. The molecule has 0 aliphatic carbocycles. The number of hydrogen-bond acceptors (Lipinski definition) is 3. The molecule has 5 heteroatoms. The number of carbonyl (C=O) groups is 2. The van der Waals surface area contributed by atoms with E-state index in [1.807, 2.05) is 13.8 Å². The first-order valence-electron chi connectivity index (χ1n) is 6.33. The van der Waals surface area contributed by atoms with Crippen molar-refractivity contribution in [2.24, 2.45) is 0 Å². The molecule has 0 bridgehead atoms. The summed E-state index contributed by atoms with van der Waals surface area (Å²) < 4.78 is 0. The van der Waals surface area contributed by atoms with E-state index in [1.165, 1.54) is 4.90 Å². The van der Waals surface area contributed by atoms with Gasteiger partial charge in [0.15, 0.2) is 0 Å². The van der Waals surface area contributed by atoms with Gasteiger partial charge in [-0.3, -0.25) is 9.59 Å². The highest BCUT2D eigenvalue weighted by atomic mass is 16.2. The Labute approximate surface area is 113 Å². The number of nitrogens with one attached hydrogen (secondary N) is 1. The molecule has 19 heavy (non-hydrogen) atoms. The second kappa shape index (κ2) is 6.78. The molecule has 2 amide bonds. The first-order chi connectivity index (χ1) is 8.93. The highest BCUT2D eigenvalue weighted by Crippen LogP contribution is 2.12. The van der Waals surface area contributed by atoms with E-state index in [0.29, 0.717) is 17.8 Å². The Bertz CT molecular complexity index is 452. The summed E-state index contributed by atoms with van der Waals surface area (Å²) in [5.74, 6) is -0.361. The molecule has 0 aromatic heterocycles. The van der Waals surface area contributed by atoms with Gasteiger partial charge in [0, 0.05) is 24.8 Å². The Morgan fingerprint density at radius 3 is 2.58 bits per heavy atom. The molecule has 0 fully saturated rings. The number of carbonyl (C=O) groups excluding carboxylic acids is 2. The van der Waals surface area contributed by atoms with Gasteiger partial charge in [-0.25, -0.2) is 0 Å². The Balaban J connectivity index is 2.68. The van der Waals surface area contributed by atoms with Gasteiger partial charge in [-0.1, -0.05) is 6.92 Å². The van der Waals surface area contributed by atoms with E-state index >= 15 is 0 Å². The van der Waals surface area contributed by atoms with Crippen molar-refractivity contribution >= 4 is 17.5 Å². The fourth-order valence-corrected chi connectivity index (χ4v) is 1.76. The lowest BCUT2D eigenvalue weighted by molar-refractivity contribution is -0.121. The third kappa shape index (κ3) is 4.62. The molecule has 0 saturated heterocycles. The Morgan fingerprint density at radius 1 is 1.32 bits per heavy atom. The van der Waals surface area contributed by atoms with Gasteiger partial charge in [0.2, 0.25) is 5.91 Å². The van der Waals surface area contributed by atoms with Crippen LogP contribution in [0.25, 0.3) is 0 Å². The SMILES string of the molecule is CCCNC(=O)CN(C)C(=O)c1cc(C)cc(N)c1. The standard InChI is InChI=1S/C14H21N3O2/c1-4-5-16-13(18)9-17(3)14(19)11-6-10(2)7-12(15)8-11/h6-8H,4-5,9,15H2,1-3H3,(H,16,18). The maximum absolute atomic E-state index is 12.1. The van der Waals surface area contributed by atoms with Crippen LogP contribution in [0.4, 0.5) is 5.69 Å². The number of nitrogen functional groups attached to an aromatic ring is 1. The fraction of sp³-hybridized carbons (Fsp3) is 0.429. The van der Waals surface area contributed by atoms with Gasteiger partial charge in [-0.15, -0.1) is 0 Å². The van der Waals surface area contributed by atoms with Crippen LogP contribution in [0, 0.1) is 6.92 Å². The molecule has 0 aliphatic heterocycles. The number of nitrogens with two attached hydrogens (primary N) is 1. The van der Waals surface area contributed by atoms with Crippen LogP contribution in [-0.4, -0.2) is 36.9 Å². The van der Waals surface area contributed by atoms with Gasteiger partial charge >= 0.3 is 0 Å². The van der Waals surface area contributed by atoms with Crippen molar-refractivity contribution in [3.05, 3.63) is 29.3 Å². The number of aryl methyl sites for hydroxylation is 1. The van der Waals surface area contributed by atoms with E-state index in [1.54, 1.807) is 25.2 Å². The van der Waals surface area contributed by atoms with Crippen LogP contribution in [0.5, 0.6) is 0 Å². The average Bonchev–Trinajstić information content (AvgIpc) is 2.34. The average molecular weight is 263 g/mol. The monoisotopic (exact) mass is 263 g/mol. The molecule has 1 aromatic carbocycles. The zero-order valence-electron chi connectivity index (χ0n) is 11.7. The third-order valence-electron chi connectivity index (χ3n) is 2.65. The summed E-state index contributed by atoms with van der Waals surface area (Å²) in [6.45, 7) is 4.52. The van der Waals surface area contributed by atoms with Gasteiger partial charge in [0.05, 0.1) is 6.54 Å². The van der Waals surface area contributed by atoms with Crippen LogP contribution in [0.15, 0.2) is 18.2 Å². The lowest BCUT2D eigenvalue weighted by Crippen LogP contribution is -2.38. The van der Waals surface area contributed by atoms with Crippen LogP contribution >= 0.6 is 0 Å². The molecule has 0 spiro atoms. The number of hydrogen-bond donors (Lipinski definition) is 2. The van der Waals surface area contributed by atoms with Gasteiger partial charge < -0.3 is 16.0 Å². The van der Waals surface area contributed by atoms with Crippen molar-refractivity contribution in [3.63, 3.8) is 0 Å². The predicted molar refractivity (Wildman–Crippen MR) is 75.9 cm³/mol. The minimum Gasteiger partial charge on any atom is -0.399 e. The number of benzene rings is 1. The first-order valence-corrected chi connectivity index (χ1v) is 6.33. The lowest BCUT2D eigenvalue weighted by Gasteiger charge is -2.17. The normalized spacial score (nSPS) is 10.1. The lowest BCUT2D eigenvalue weighted by atomic mass is 10.1. The van der Waals surface area contributed by atoms with E-state index in [2.05, 4.69) is 5.32 Å². The molecule has 0 heterocycles. The topological polar surface area (TPSA) is 75.4 Å². The third-order valence-corrected chi connectivity index (χ3v) is 2.65. The van der Waals surface area contributed by atoms with Crippen LogP contribution in [0.1, 0.15) is 29.3 Å². The summed E-state index contributed by atoms with van der Waals surface area (Å²) >= 11 is 0. The van der Waals surface area contributed by atoms with Crippen molar-refractivity contribution < 1.29 is 9.59 Å². The highest BCUT2D eigenvalue weighted by molar-refractivity contribution is 5.97. The van der Waals surface area contributed by atoms with E-state index < -0.39 is 0 Å². The number of rotatable bonds is 5. The second-order valence-electron chi connectivity index (χ2n) is 4.64. The molecule has 0 saturated carbocycles. The summed E-state index contributed by atoms with van der Waals surface area (Å²) in [6.07, 6.45) is 0.873. The second-order valence-corrected chi connectivity index (χ2v) is 4.64. The molecule has 0 unspecified atom stereocenters. The minimum atomic E-state index is -0.206. The minimum absolute atomic E-state index is 0.0483. The molecular formula is C14H21N3O2. The first kappa shape index (κ1) is 15.0. The number of nitrogens with zero attached hydrogens (tertiary/aromatic N) is 1. The van der Waals surface area contributed by atoms with Gasteiger partial charge in [0.25, 0.3) is 5.91 Å². The molecule has 0 radical (unpaired) electrons. The molecule has 1 aromatic rings. The number of amides is 2.